The Labute approximate surface area is 166 Å². The number of pyridine rings is 1. The van der Waals surface area contributed by atoms with Crippen LogP contribution in [0.4, 0.5) is 5.69 Å². The molecular weight excluding hydrogens is 368 g/mol. The summed E-state index contributed by atoms with van der Waals surface area (Å²) in [5.41, 5.74) is 3.22. The van der Waals surface area contributed by atoms with Crippen LogP contribution < -0.4 is 5.32 Å². The van der Waals surface area contributed by atoms with Gasteiger partial charge in [-0.05, 0) is 42.8 Å². The summed E-state index contributed by atoms with van der Waals surface area (Å²) in [6.07, 6.45) is 1.46. The topological polar surface area (TPSA) is 97.1 Å². The highest BCUT2D eigenvalue weighted by Crippen LogP contribution is 2.18. The molecule has 7 heteroatoms. The normalized spacial score (nSPS) is 10.8. The van der Waals surface area contributed by atoms with Crippen molar-refractivity contribution in [2.75, 3.05) is 5.32 Å². The molecule has 0 bridgehead atoms. The molecule has 0 spiro atoms. The van der Waals surface area contributed by atoms with E-state index in [0.29, 0.717) is 28.3 Å². The molecule has 0 radical (unpaired) electrons. The summed E-state index contributed by atoms with van der Waals surface area (Å²) >= 11 is 0. The van der Waals surface area contributed by atoms with Gasteiger partial charge in [-0.1, -0.05) is 30.3 Å². The first kappa shape index (κ1) is 18.4. The van der Waals surface area contributed by atoms with Gasteiger partial charge >= 0.3 is 5.97 Å². The Bertz CT molecular complexity index is 1210. The predicted octanol–water partition coefficient (Wildman–Crippen LogP) is 3.61. The van der Waals surface area contributed by atoms with Gasteiger partial charge in [-0.15, -0.1) is 0 Å². The minimum Gasteiger partial charge on any atom is -0.481 e. The van der Waals surface area contributed by atoms with Crippen LogP contribution in [0.2, 0.25) is 0 Å². The van der Waals surface area contributed by atoms with Crippen molar-refractivity contribution in [1.82, 2.24) is 14.8 Å². The number of aliphatic carboxylic acids is 1. The van der Waals surface area contributed by atoms with Crippen LogP contribution >= 0.6 is 0 Å². The van der Waals surface area contributed by atoms with E-state index in [9.17, 15) is 9.59 Å². The molecule has 29 heavy (non-hydrogen) atoms. The Balaban J connectivity index is 1.55. The maximum atomic E-state index is 12.7. The lowest BCUT2D eigenvalue weighted by Crippen LogP contribution is -2.13. The smallest absolute Gasteiger partial charge is 0.307 e. The van der Waals surface area contributed by atoms with Crippen LogP contribution in [0.5, 0.6) is 0 Å². The monoisotopic (exact) mass is 386 g/mol. The number of carbonyl (C=O) groups excluding carboxylic acids is 1. The molecule has 0 aliphatic heterocycles. The fourth-order valence-electron chi connectivity index (χ4n) is 3.12. The van der Waals surface area contributed by atoms with Crippen molar-refractivity contribution in [3.05, 3.63) is 83.7 Å². The Kier molecular flexibility index (Phi) is 4.78. The summed E-state index contributed by atoms with van der Waals surface area (Å²) in [5, 5.41) is 17.0. The van der Waals surface area contributed by atoms with Crippen LogP contribution in [0.1, 0.15) is 21.6 Å². The zero-order valence-electron chi connectivity index (χ0n) is 15.7. The fraction of sp³-hybridized carbons (Fsp3) is 0.0909. The Morgan fingerprint density at radius 1 is 1.03 bits per heavy atom. The van der Waals surface area contributed by atoms with E-state index >= 15 is 0 Å². The molecule has 0 saturated heterocycles. The average molecular weight is 386 g/mol. The molecule has 0 aliphatic carbocycles. The number of carboxylic acid groups (broad SMARTS) is 1. The number of aromatic nitrogens is 3. The number of hydrogen-bond donors (Lipinski definition) is 2. The Hall–Kier alpha value is -4.00. The number of fused-ring (bicyclic) bond motifs is 1. The van der Waals surface area contributed by atoms with Crippen LogP contribution in [-0.2, 0) is 11.2 Å². The number of nitrogens with zero attached hydrogens (tertiary/aromatic N) is 3. The van der Waals surface area contributed by atoms with E-state index in [1.54, 1.807) is 28.9 Å². The molecule has 2 aromatic heterocycles. The summed E-state index contributed by atoms with van der Waals surface area (Å²) in [6.45, 7) is 1.81. The zero-order chi connectivity index (χ0) is 20.4. The molecule has 2 N–H and O–H groups in total. The molecule has 1 amide bonds. The number of benzene rings is 2. The van der Waals surface area contributed by atoms with Crippen molar-refractivity contribution in [3.63, 3.8) is 0 Å². The van der Waals surface area contributed by atoms with Crippen molar-refractivity contribution in [2.24, 2.45) is 0 Å². The first-order valence-corrected chi connectivity index (χ1v) is 9.04. The van der Waals surface area contributed by atoms with Gasteiger partial charge in [0.15, 0.2) is 5.82 Å². The molecule has 0 fully saturated rings. The van der Waals surface area contributed by atoms with Crippen molar-refractivity contribution < 1.29 is 14.7 Å². The van der Waals surface area contributed by atoms with Crippen LogP contribution in [0.15, 0.2) is 66.9 Å². The molecule has 4 rings (SSSR count). The van der Waals surface area contributed by atoms with Gasteiger partial charge in [0.25, 0.3) is 5.91 Å². The highest BCUT2D eigenvalue weighted by Gasteiger charge is 2.16. The molecular formula is C22H18N4O3. The minimum absolute atomic E-state index is 0.0567. The summed E-state index contributed by atoms with van der Waals surface area (Å²) in [6, 6.07) is 18.4. The maximum absolute atomic E-state index is 12.7. The maximum Gasteiger partial charge on any atom is 0.307 e. The molecule has 2 aromatic carbocycles. The largest absolute Gasteiger partial charge is 0.481 e. The molecule has 0 unspecified atom stereocenters. The van der Waals surface area contributed by atoms with E-state index in [1.165, 1.54) is 6.20 Å². The lowest BCUT2D eigenvalue weighted by Gasteiger charge is -2.07. The molecule has 7 nitrogen and oxygen atoms in total. The summed E-state index contributed by atoms with van der Waals surface area (Å²) in [4.78, 5) is 28.1. The van der Waals surface area contributed by atoms with Crippen LogP contribution in [0.3, 0.4) is 0 Å². The molecule has 2 heterocycles. The predicted molar refractivity (Wildman–Crippen MR) is 109 cm³/mol. The molecule has 0 aliphatic rings. The fourth-order valence-corrected chi connectivity index (χ4v) is 3.12. The second kappa shape index (κ2) is 7.55. The van der Waals surface area contributed by atoms with E-state index in [4.69, 9.17) is 5.11 Å². The van der Waals surface area contributed by atoms with E-state index < -0.39 is 5.97 Å². The van der Waals surface area contributed by atoms with Gasteiger partial charge in [0.05, 0.1) is 29.4 Å². The van der Waals surface area contributed by atoms with Gasteiger partial charge in [0.1, 0.15) is 0 Å². The van der Waals surface area contributed by atoms with Crippen LogP contribution in [-0.4, -0.2) is 31.7 Å². The van der Waals surface area contributed by atoms with Gasteiger partial charge in [-0.2, -0.15) is 5.10 Å². The van der Waals surface area contributed by atoms with Gasteiger partial charge in [-0.25, -0.2) is 9.67 Å². The highest BCUT2D eigenvalue weighted by molar-refractivity contribution is 6.05. The van der Waals surface area contributed by atoms with Crippen LogP contribution in [0, 0.1) is 6.92 Å². The molecule has 0 saturated carbocycles. The lowest BCUT2D eigenvalue weighted by atomic mass is 10.1. The van der Waals surface area contributed by atoms with Gasteiger partial charge in [0, 0.05) is 11.1 Å². The Morgan fingerprint density at radius 2 is 1.79 bits per heavy atom. The van der Waals surface area contributed by atoms with E-state index in [2.05, 4.69) is 15.4 Å². The van der Waals surface area contributed by atoms with E-state index in [-0.39, 0.29) is 12.3 Å². The van der Waals surface area contributed by atoms with Gasteiger partial charge in [0.2, 0.25) is 0 Å². The Morgan fingerprint density at radius 3 is 2.55 bits per heavy atom. The third-order valence-electron chi connectivity index (χ3n) is 4.62. The molecule has 144 valence electrons. The first-order valence-electron chi connectivity index (χ1n) is 9.04. The number of rotatable bonds is 5. The second-order valence-corrected chi connectivity index (χ2v) is 6.64. The second-order valence-electron chi connectivity index (χ2n) is 6.64. The molecule has 4 aromatic rings. The van der Waals surface area contributed by atoms with Gasteiger partial charge < -0.3 is 10.4 Å². The number of carboxylic acids is 1. The lowest BCUT2D eigenvalue weighted by molar-refractivity contribution is -0.136. The molecule has 0 atom stereocenters. The number of amides is 1. The van der Waals surface area contributed by atoms with Crippen molar-refractivity contribution in [3.8, 4) is 5.82 Å². The standard InChI is InChI=1S/C22H18N4O3/c1-14-18(22(29)24-17-9-6-15(7-10-17)12-21(27)28)13-23-26(14)20-11-8-16-4-2-3-5-19(16)25-20/h2-11,13H,12H2,1H3,(H,24,29)(H,27,28). The number of nitrogens with one attached hydrogen (secondary N) is 1. The number of hydrogen-bond acceptors (Lipinski definition) is 4. The summed E-state index contributed by atoms with van der Waals surface area (Å²) < 4.78 is 1.64. The third-order valence-corrected chi connectivity index (χ3v) is 4.62. The highest BCUT2D eigenvalue weighted by atomic mass is 16.4. The number of carbonyl (C=O) groups is 2. The first-order chi connectivity index (χ1) is 14.0. The summed E-state index contributed by atoms with van der Waals surface area (Å²) in [7, 11) is 0. The van der Waals surface area contributed by atoms with Crippen molar-refractivity contribution in [2.45, 2.75) is 13.3 Å². The number of para-hydroxylation sites is 1. The van der Waals surface area contributed by atoms with Crippen molar-refractivity contribution in [1.29, 1.82) is 0 Å². The number of anilines is 1. The SMILES string of the molecule is Cc1c(C(=O)Nc2ccc(CC(=O)O)cc2)cnn1-c1ccc2ccccc2n1. The average Bonchev–Trinajstić information content (AvgIpc) is 3.10. The third kappa shape index (κ3) is 3.84. The van der Waals surface area contributed by atoms with E-state index in [1.807, 2.05) is 43.3 Å². The quantitative estimate of drug-likeness (QED) is 0.546. The van der Waals surface area contributed by atoms with Crippen molar-refractivity contribution >= 4 is 28.5 Å². The van der Waals surface area contributed by atoms with Gasteiger partial charge in [-0.3, -0.25) is 9.59 Å². The van der Waals surface area contributed by atoms with Crippen LogP contribution in [0.25, 0.3) is 16.7 Å². The summed E-state index contributed by atoms with van der Waals surface area (Å²) in [5.74, 6) is -0.550. The van der Waals surface area contributed by atoms with E-state index in [0.717, 1.165) is 10.9 Å². The minimum atomic E-state index is -0.896. The zero-order valence-corrected chi connectivity index (χ0v) is 15.7.